The molecule has 2 aliphatic rings. The van der Waals surface area contributed by atoms with Crippen molar-refractivity contribution in [2.75, 3.05) is 20.3 Å². The molecule has 2 aliphatic heterocycles. The summed E-state index contributed by atoms with van der Waals surface area (Å²) < 4.78 is 32.3. The van der Waals surface area contributed by atoms with Gasteiger partial charge in [-0.1, -0.05) is 0 Å². The van der Waals surface area contributed by atoms with E-state index in [4.69, 9.17) is 28.4 Å². The van der Waals surface area contributed by atoms with Crippen LogP contribution in [0, 0.1) is 0 Å². The Morgan fingerprint density at radius 1 is 0.884 bits per heavy atom. The van der Waals surface area contributed by atoms with Crippen LogP contribution < -0.4 is 9.47 Å². The number of aliphatic hydroxyl groups excluding tert-OH is 5. The first-order valence-electron chi connectivity index (χ1n) is 12.9. The van der Waals surface area contributed by atoms with Crippen molar-refractivity contribution < 1.29 is 78.9 Å². The average molecular weight is 613 g/mol. The zero-order valence-electron chi connectivity index (χ0n) is 22.8. The van der Waals surface area contributed by atoms with Gasteiger partial charge in [0.05, 0.1) is 31.5 Å². The third-order valence-electron chi connectivity index (χ3n) is 6.90. The van der Waals surface area contributed by atoms with Crippen molar-refractivity contribution >= 4 is 11.8 Å². The number of carbonyl (C=O) groups is 2. The van der Waals surface area contributed by atoms with E-state index in [2.05, 4.69) is 0 Å². The normalized spacial score (nSPS) is 30.8. The van der Waals surface area contributed by atoms with Crippen molar-refractivity contribution in [2.24, 2.45) is 0 Å². The lowest BCUT2D eigenvalue weighted by molar-refractivity contribution is -0.307. The summed E-state index contributed by atoms with van der Waals surface area (Å²) in [5, 5.41) is 81.0. The summed E-state index contributed by atoms with van der Waals surface area (Å²) >= 11 is 0. The summed E-state index contributed by atoms with van der Waals surface area (Å²) in [7, 11) is 1.39. The quantitative estimate of drug-likeness (QED) is 0.0913. The molecular weight excluding hydrogens is 580 g/mol. The van der Waals surface area contributed by atoms with Crippen LogP contribution in [0.25, 0.3) is 0 Å². The van der Waals surface area contributed by atoms with Crippen LogP contribution in [0.5, 0.6) is 28.7 Å². The highest BCUT2D eigenvalue weighted by Crippen LogP contribution is 2.36. The fourth-order valence-corrected chi connectivity index (χ4v) is 4.43. The molecule has 43 heavy (non-hydrogen) atoms. The minimum absolute atomic E-state index is 0.0216. The van der Waals surface area contributed by atoms with Crippen LogP contribution >= 0.6 is 0 Å². The molecule has 0 amide bonds. The van der Waals surface area contributed by atoms with E-state index in [-0.39, 0.29) is 22.7 Å². The average Bonchev–Trinajstić information content (AvgIpc) is 2.98. The third kappa shape index (κ3) is 6.92. The molecule has 2 saturated heterocycles. The molecule has 0 bridgehead atoms. The molecule has 16 heteroatoms. The van der Waals surface area contributed by atoms with Crippen molar-refractivity contribution in [1.29, 1.82) is 0 Å². The Hall–Kier alpha value is -3.74. The van der Waals surface area contributed by atoms with E-state index in [1.807, 2.05) is 0 Å². The van der Waals surface area contributed by atoms with E-state index < -0.39 is 91.7 Å². The number of phenols is 3. The number of Topliss-reactive ketones (excluding diaryl/α,β-unsaturated/α-hetero) is 1. The van der Waals surface area contributed by atoms with Gasteiger partial charge < -0.3 is 69.3 Å². The molecule has 2 heterocycles. The molecule has 2 aromatic rings. The maximum Gasteiger partial charge on any atom is 0.338 e. The van der Waals surface area contributed by atoms with E-state index in [9.17, 15) is 50.4 Å². The minimum atomic E-state index is -1.79. The highest BCUT2D eigenvalue weighted by Gasteiger charge is 2.47. The van der Waals surface area contributed by atoms with Gasteiger partial charge in [0.25, 0.3) is 0 Å². The Morgan fingerprint density at radius 2 is 1.53 bits per heavy atom. The molecule has 2 aromatic carbocycles. The number of methoxy groups -OCH3 is 1. The number of esters is 1. The van der Waals surface area contributed by atoms with Gasteiger partial charge >= 0.3 is 5.97 Å². The molecule has 9 atom stereocenters. The molecule has 0 radical (unpaired) electrons. The fourth-order valence-electron chi connectivity index (χ4n) is 4.43. The summed E-state index contributed by atoms with van der Waals surface area (Å²) in [6.07, 6.45) is -14.6. The minimum Gasteiger partial charge on any atom is -0.504 e. The number of ether oxygens (including phenoxy) is 6. The molecule has 8 N–H and O–H groups in total. The summed E-state index contributed by atoms with van der Waals surface area (Å²) in [6, 6.07) is 5.98. The lowest BCUT2D eigenvalue weighted by Gasteiger charge is -2.41. The molecule has 0 unspecified atom stereocenters. The van der Waals surface area contributed by atoms with E-state index in [0.717, 1.165) is 12.1 Å². The first-order valence-corrected chi connectivity index (χ1v) is 12.9. The second-order valence-electron chi connectivity index (χ2n) is 9.87. The van der Waals surface area contributed by atoms with Gasteiger partial charge in [-0.3, -0.25) is 4.79 Å². The van der Waals surface area contributed by atoms with Crippen molar-refractivity contribution in [2.45, 2.75) is 62.2 Å². The van der Waals surface area contributed by atoms with Crippen LogP contribution in [-0.4, -0.2) is 128 Å². The van der Waals surface area contributed by atoms with Crippen LogP contribution in [0.2, 0.25) is 0 Å². The van der Waals surface area contributed by atoms with Gasteiger partial charge in [-0.2, -0.15) is 0 Å². The van der Waals surface area contributed by atoms with Crippen molar-refractivity contribution in [3.8, 4) is 28.7 Å². The number of aliphatic hydroxyl groups is 5. The van der Waals surface area contributed by atoms with E-state index in [0.29, 0.717) is 5.75 Å². The zero-order valence-corrected chi connectivity index (χ0v) is 22.8. The van der Waals surface area contributed by atoms with Gasteiger partial charge in [-0.25, -0.2) is 4.79 Å². The van der Waals surface area contributed by atoms with Crippen LogP contribution in [0.1, 0.15) is 27.6 Å². The fraction of sp³-hybridized carbons (Fsp3) is 0.481. The summed E-state index contributed by atoms with van der Waals surface area (Å²) in [4.78, 5) is 24.5. The molecule has 236 valence electrons. The Bertz CT molecular complexity index is 1290. The van der Waals surface area contributed by atoms with Crippen molar-refractivity contribution in [3.05, 3.63) is 41.5 Å². The highest BCUT2D eigenvalue weighted by molar-refractivity contribution is 5.97. The van der Waals surface area contributed by atoms with Crippen LogP contribution in [0.15, 0.2) is 30.3 Å². The Morgan fingerprint density at radius 3 is 2.16 bits per heavy atom. The van der Waals surface area contributed by atoms with Gasteiger partial charge in [0.1, 0.15) is 48.1 Å². The molecule has 16 nitrogen and oxygen atoms in total. The number of carbonyl (C=O) groups excluding carboxylic acids is 2. The highest BCUT2D eigenvalue weighted by atomic mass is 16.7. The predicted octanol–water partition coefficient (Wildman–Crippen LogP) is -1.48. The lowest BCUT2D eigenvalue weighted by atomic mass is 9.99. The summed E-state index contributed by atoms with van der Waals surface area (Å²) in [6.45, 7) is 0.267. The number of ketones is 1. The van der Waals surface area contributed by atoms with Crippen molar-refractivity contribution in [1.82, 2.24) is 0 Å². The number of hydrogen-bond donors (Lipinski definition) is 8. The molecule has 0 spiro atoms. The number of aromatic hydroxyl groups is 3. The standard InChI is InChI=1S/C27H32O16/c1-10(28)13-4-3-12(38-2)7-16(13)42-27-24(36)22(34)20(32)18(43-27)9-40-26-23(35)21(33)17(8-39-26)41-25(37)11-5-14(29)19(31)15(30)6-11/h3-7,17-18,20-24,26-27,29-36H,8-9H2,1-2H3/t17-,18-,20-,21-,22+,23-,24-,26+,27-/m1/s1. The molecule has 0 saturated carbocycles. The van der Waals surface area contributed by atoms with Crippen LogP contribution in [0.3, 0.4) is 0 Å². The van der Waals surface area contributed by atoms with Gasteiger partial charge in [-0.15, -0.1) is 0 Å². The predicted molar refractivity (Wildman–Crippen MR) is 139 cm³/mol. The topological polar surface area (TPSA) is 251 Å². The maximum atomic E-state index is 12.4. The Balaban J connectivity index is 1.38. The van der Waals surface area contributed by atoms with E-state index in [1.165, 1.54) is 32.2 Å². The van der Waals surface area contributed by atoms with Crippen LogP contribution in [-0.2, 0) is 18.9 Å². The molecule has 2 fully saturated rings. The first-order chi connectivity index (χ1) is 20.3. The van der Waals surface area contributed by atoms with Gasteiger partial charge in [0.2, 0.25) is 6.29 Å². The van der Waals surface area contributed by atoms with E-state index in [1.54, 1.807) is 0 Å². The maximum absolute atomic E-state index is 12.4. The van der Waals surface area contributed by atoms with Crippen LogP contribution in [0.4, 0.5) is 0 Å². The Kier molecular flexibility index (Phi) is 9.93. The zero-order chi connectivity index (χ0) is 31.6. The largest absolute Gasteiger partial charge is 0.504 e. The van der Waals surface area contributed by atoms with Gasteiger partial charge in [0, 0.05) is 6.07 Å². The summed E-state index contributed by atoms with van der Waals surface area (Å²) in [5.41, 5.74) is -0.231. The smallest absolute Gasteiger partial charge is 0.338 e. The monoisotopic (exact) mass is 612 g/mol. The second-order valence-corrected chi connectivity index (χ2v) is 9.87. The molecular formula is C27H32O16. The number of hydrogen-bond acceptors (Lipinski definition) is 16. The first kappa shape index (κ1) is 32.2. The van der Waals surface area contributed by atoms with Gasteiger partial charge in [0.15, 0.2) is 35.4 Å². The summed E-state index contributed by atoms with van der Waals surface area (Å²) in [5.74, 6) is -3.61. The van der Waals surface area contributed by atoms with Crippen molar-refractivity contribution in [3.63, 3.8) is 0 Å². The Labute approximate surface area is 243 Å². The number of rotatable bonds is 9. The number of benzene rings is 2. The second kappa shape index (κ2) is 13.3. The molecule has 4 rings (SSSR count). The molecule has 0 aromatic heterocycles. The third-order valence-corrected chi connectivity index (χ3v) is 6.90. The van der Waals surface area contributed by atoms with E-state index >= 15 is 0 Å². The van der Waals surface area contributed by atoms with Gasteiger partial charge in [-0.05, 0) is 31.2 Å². The SMILES string of the molecule is COc1ccc(C(C)=O)c(O[C@@H]2O[C@H](CO[C@@H]3OC[C@@H](OC(=O)c4cc(O)c(O)c(O)c4)[C@@H](O)[C@H]3O)[C@@H](O)[C@H](O)[C@H]2O)c1. The molecule has 0 aliphatic carbocycles. The lowest BCUT2D eigenvalue weighted by Crippen LogP contribution is -2.61. The number of phenolic OH excluding ortho intramolecular Hbond substituents is 3.